The van der Waals surface area contributed by atoms with Gasteiger partial charge < -0.3 is 10.0 Å². The summed E-state index contributed by atoms with van der Waals surface area (Å²) in [5.41, 5.74) is 0. The molecule has 0 aromatic heterocycles. The van der Waals surface area contributed by atoms with Gasteiger partial charge >= 0.3 is 0 Å². The Kier molecular flexibility index (Phi) is 10.0. The molecule has 1 atom stereocenters. The van der Waals surface area contributed by atoms with Crippen molar-refractivity contribution in [3.63, 3.8) is 0 Å². The first-order chi connectivity index (χ1) is 7.63. The van der Waals surface area contributed by atoms with Crippen LogP contribution in [0.3, 0.4) is 0 Å². The molecule has 2 heteroatoms. The fraction of sp³-hybridized carbons (Fsp3) is 1.00. The molecule has 1 N–H and O–H groups in total. The van der Waals surface area contributed by atoms with E-state index in [1.807, 2.05) is 6.92 Å². The Morgan fingerprint density at radius 3 is 2.12 bits per heavy atom. The minimum Gasteiger partial charge on any atom is -0.393 e. The zero-order valence-electron chi connectivity index (χ0n) is 11.7. The van der Waals surface area contributed by atoms with Crippen molar-refractivity contribution in [2.24, 2.45) is 5.92 Å². The summed E-state index contributed by atoms with van der Waals surface area (Å²) < 4.78 is 0. The third kappa shape index (κ3) is 8.12. The summed E-state index contributed by atoms with van der Waals surface area (Å²) in [4.78, 5) is 2.56. The molecule has 1 unspecified atom stereocenters. The van der Waals surface area contributed by atoms with E-state index >= 15 is 0 Å². The first kappa shape index (κ1) is 15.9. The van der Waals surface area contributed by atoms with E-state index in [1.54, 1.807) is 0 Å². The second-order valence-corrected chi connectivity index (χ2v) is 4.92. The topological polar surface area (TPSA) is 23.5 Å². The monoisotopic (exact) mass is 229 g/mol. The fourth-order valence-corrected chi connectivity index (χ4v) is 2.07. The minimum atomic E-state index is -0.130. The van der Waals surface area contributed by atoms with E-state index in [2.05, 4.69) is 25.7 Å². The average Bonchev–Trinajstić information content (AvgIpc) is 2.28. The third-order valence-electron chi connectivity index (χ3n) is 3.46. The minimum absolute atomic E-state index is 0.130. The number of aliphatic hydroxyl groups is 1. The van der Waals surface area contributed by atoms with E-state index in [1.165, 1.54) is 32.4 Å². The molecule has 0 aliphatic rings. The van der Waals surface area contributed by atoms with Gasteiger partial charge in [-0.1, -0.05) is 33.6 Å². The van der Waals surface area contributed by atoms with Crippen LogP contribution in [-0.2, 0) is 0 Å². The molecule has 2 nitrogen and oxygen atoms in total. The molecule has 0 spiro atoms. The quantitative estimate of drug-likeness (QED) is 0.581. The summed E-state index contributed by atoms with van der Waals surface area (Å²) in [5, 5.41) is 9.18. The number of nitrogens with zero attached hydrogens (tertiary/aromatic N) is 1. The van der Waals surface area contributed by atoms with Crippen LogP contribution in [0.5, 0.6) is 0 Å². The fourth-order valence-electron chi connectivity index (χ4n) is 2.07. The van der Waals surface area contributed by atoms with Gasteiger partial charge in [0, 0.05) is 6.54 Å². The molecule has 0 heterocycles. The van der Waals surface area contributed by atoms with Crippen molar-refractivity contribution < 1.29 is 5.11 Å². The summed E-state index contributed by atoms with van der Waals surface area (Å²) in [6, 6.07) is 0. The second kappa shape index (κ2) is 10.1. The molecule has 0 radical (unpaired) electrons. The Morgan fingerprint density at radius 1 is 1.06 bits per heavy atom. The standard InChI is InChI=1S/C14H31NO/c1-5-14(6-2)12-15(7-3)11-9-8-10-13(4)16/h13-14,16H,5-12H2,1-4H3. The van der Waals surface area contributed by atoms with Gasteiger partial charge in [0.1, 0.15) is 0 Å². The molecule has 0 aliphatic heterocycles. The van der Waals surface area contributed by atoms with Crippen LogP contribution in [0.25, 0.3) is 0 Å². The molecule has 98 valence electrons. The van der Waals surface area contributed by atoms with Crippen molar-refractivity contribution in [1.29, 1.82) is 0 Å². The molecule has 16 heavy (non-hydrogen) atoms. The van der Waals surface area contributed by atoms with Gasteiger partial charge in [-0.2, -0.15) is 0 Å². The summed E-state index contributed by atoms with van der Waals surface area (Å²) in [7, 11) is 0. The van der Waals surface area contributed by atoms with E-state index < -0.39 is 0 Å². The lowest BCUT2D eigenvalue weighted by Crippen LogP contribution is -2.30. The van der Waals surface area contributed by atoms with E-state index in [4.69, 9.17) is 0 Å². The van der Waals surface area contributed by atoms with Crippen molar-refractivity contribution in [2.75, 3.05) is 19.6 Å². The van der Waals surface area contributed by atoms with Gasteiger partial charge in [0.05, 0.1) is 6.10 Å². The van der Waals surface area contributed by atoms with Gasteiger partial charge in [-0.05, 0) is 45.2 Å². The number of rotatable bonds is 10. The zero-order chi connectivity index (χ0) is 12.4. The molecule has 0 aromatic carbocycles. The predicted molar refractivity (Wildman–Crippen MR) is 71.7 cm³/mol. The van der Waals surface area contributed by atoms with Gasteiger partial charge in [-0.3, -0.25) is 0 Å². The van der Waals surface area contributed by atoms with E-state index in [-0.39, 0.29) is 6.10 Å². The molecule has 0 rings (SSSR count). The summed E-state index contributed by atoms with van der Waals surface area (Å²) in [6.07, 6.45) is 5.77. The van der Waals surface area contributed by atoms with Crippen LogP contribution in [0.1, 0.15) is 59.8 Å². The summed E-state index contributed by atoms with van der Waals surface area (Å²) in [5.74, 6) is 0.858. The number of hydrogen-bond acceptors (Lipinski definition) is 2. The lowest BCUT2D eigenvalue weighted by molar-refractivity contribution is 0.174. The van der Waals surface area contributed by atoms with Crippen LogP contribution in [-0.4, -0.2) is 35.7 Å². The van der Waals surface area contributed by atoms with Crippen LogP contribution in [0, 0.1) is 5.92 Å². The zero-order valence-corrected chi connectivity index (χ0v) is 11.7. The highest BCUT2D eigenvalue weighted by molar-refractivity contribution is 4.63. The third-order valence-corrected chi connectivity index (χ3v) is 3.46. The number of hydrogen-bond donors (Lipinski definition) is 1. The molecular weight excluding hydrogens is 198 g/mol. The van der Waals surface area contributed by atoms with Gasteiger partial charge in [0.25, 0.3) is 0 Å². The van der Waals surface area contributed by atoms with E-state index in [9.17, 15) is 5.11 Å². The molecule has 0 bridgehead atoms. The maximum absolute atomic E-state index is 9.18. The molecule has 0 saturated heterocycles. The van der Waals surface area contributed by atoms with Gasteiger partial charge in [-0.25, -0.2) is 0 Å². The lowest BCUT2D eigenvalue weighted by Gasteiger charge is -2.25. The SMILES string of the molecule is CCC(CC)CN(CC)CCCCC(C)O. The van der Waals surface area contributed by atoms with Crippen molar-refractivity contribution in [3.05, 3.63) is 0 Å². The van der Waals surface area contributed by atoms with Crippen LogP contribution in [0.4, 0.5) is 0 Å². The molecule has 0 fully saturated rings. The molecule has 0 aromatic rings. The number of unbranched alkanes of at least 4 members (excludes halogenated alkanes) is 1. The highest BCUT2D eigenvalue weighted by Gasteiger charge is 2.09. The summed E-state index contributed by atoms with van der Waals surface area (Å²) in [6.45, 7) is 12.3. The van der Waals surface area contributed by atoms with Gasteiger partial charge in [-0.15, -0.1) is 0 Å². The predicted octanol–water partition coefficient (Wildman–Crippen LogP) is 3.30. The summed E-state index contributed by atoms with van der Waals surface area (Å²) >= 11 is 0. The van der Waals surface area contributed by atoms with E-state index in [0.717, 1.165) is 25.3 Å². The molecule has 0 saturated carbocycles. The van der Waals surface area contributed by atoms with Crippen LogP contribution in [0.15, 0.2) is 0 Å². The highest BCUT2D eigenvalue weighted by atomic mass is 16.3. The first-order valence-electron chi connectivity index (χ1n) is 7.04. The average molecular weight is 229 g/mol. The van der Waals surface area contributed by atoms with Crippen molar-refractivity contribution in [1.82, 2.24) is 4.90 Å². The van der Waals surface area contributed by atoms with Gasteiger partial charge in [0.2, 0.25) is 0 Å². The largest absolute Gasteiger partial charge is 0.393 e. The maximum atomic E-state index is 9.18. The van der Waals surface area contributed by atoms with Crippen LogP contribution < -0.4 is 0 Å². The molecule has 0 aliphatic carbocycles. The Labute approximate surface area is 102 Å². The normalized spacial score (nSPS) is 13.7. The Balaban J connectivity index is 3.65. The Morgan fingerprint density at radius 2 is 1.69 bits per heavy atom. The van der Waals surface area contributed by atoms with Crippen molar-refractivity contribution in [2.45, 2.75) is 65.9 Å². The molecule has 0 amide bonds. The van der Waals surface area contributed by atoms with Crippen LogP contribution >= 0.6 is 0 Å². The lowest BCUT2D eigenvalue weighted by atomic mass is 10.0. The highest BCUT2D eigenvalue weighted by Crippen LogP contribution is 2.11. The molecular formula is C14H31NO. The van der Waals surface area contributed by atoms with Crippen LogP contribution in [0.2, 0.25) is 0 Å². The smallest absolute Gasteiger partial charge is 0.0512 e. The number of aliphatic hydroxyl groups excluding tert-OH is 1. The van der Waals surface area contributed by atoms with Crippen molar-refractivity contribution >= 4 is 0 Å². The Bertz CT molecular complexity index is 144. The van der Waals surface area contributed by atoms with Crippen molar-refractivity contribution in [3.8, 4) is 0 Å². The van der Waals surface area contributed by atoms with E-state index in [0.29, 0.717) is 0 Å². The maximum Gasteiger partial charge on any atom is 0.0512 e. The first-order valence-corrected chi connectivity index (χ1v) is 7.04. The Hall–Kier alpha value is -0.0800. The second-order valence-electron chi connectivity index (χ2n) is 4.92. The van der Waals surface area contributed by atoms with Gasteiger partial charge in [0.15, 0.2) is 0 Å².